The lowest BCUT2D eigenvalue weighted by molar-refractivity contribution is -0.138. The molecule has 1 aliphatic heterocycles. The molecule has 10 heteroatoms. The zero-order chi connectivity index (χ0) is 18.8. The first-order chi connectivity index (χ1) is 11.6. The van der Waals surface area contributed by atoms with E-state index in [1.807, 2.05) is 13.8 Å². The number of hydrogen-bond donors (Lipinski definition) is 1. The van der Waals surface area contributed by atoms with Crippen molar-refractivity contribution >= 4 is 24.2 Å². The summed E-state index contributed by atoms with van der Waals surface area (Å²) >= 11 is 0. The molecule has 6 nitrogen and oxygen atoms in total. The van der Waals surface area contributed by atoms with E-state index in [9.17, 15) is 22.8 Å². The molecule has 0 bridgehead atoms. The highest BCUT2D eigenvalue weighted by molar-refractivity contribution is 5.92. The molecule has 1 atom stereocenters. The number of halogens is 4. The second-order valence-electron chi connectivity index (χ2n) is 6.32. The van der Waals surface area contributed by atoms with Crippen LogP contribution in [-0.2, 0) is 11.0 Å². The van der Waals surface area contributed by atoms with Crippen LogP contribution in [0.15, 0.2) is 18.3 Å². The Balaban J connectivity index is 0.00000338. The van der Waals surface area contributed by atoms with Gasteiger partial charge in [0.15, 0.2) is 0 Å². The minimum absolute atomic E-state index is 0. The number of alkyl halides is 3. The molecule has 0 aliphatic carbocycles. The van der Waals surface area contributed by atoms with Crippen LogP contribution in [-0.4, -0.2) is 58.8 Å². The fraction of sp³-hybridized carbons (Fsp3) is 0.562. The third-order valence-corrected chi connectivity index (χ3v) is 4.19. The summed E-state index contributed by atoms with van der Waals surface area (Å²) in [6.45, 7) is 4.98. The molecular formula is C16H22ClF3N4O2. The van der Waals surface area contributed by atoms with Crippen molar-refractivity contribution in [2.45, 2.75) is 26.1 Å². The van der Waals surface area contributed by atoms with Gasteiger partial charge in [-0.25, -0.2) is 0 Å². The molecule has 0 radical (unpaired) electrons. The van der Waals surface area contributed by atoms with E-state index in [1.165, 1.54) is 4.90 Å². The zero-order valence-electron chi connectivity index (χ0n) is 14.5. The second-order valence-corrected chi connectivity index (χ2v) is 6.32. The smallest absolute Gasteiger partial charge is 0.338 e. The molecule has 2 N–H and O–H groups in total. The van der Waals surface area contributed by atoms with Crippen molar-refractivity contribution in [3.8, 4) is 0 Å². The lowest BCUT2D eigenvalue weighted by Crippen LogP contribution is -2.55. The summed E-state index contributed by atoms with van der Waals surface area (Å²) in [4.78, 5) is 31.2. The van der Waals surface area contributed by atoms with Gasteiger partial charge in [-0.1, -0.05) is 13.8 Å². The molecule has 26 heavy (non-hydrogen) atoms. The Kier molecular flexibility index (Phi) is 7.40. The number of pyridine rings is 1. The van der Waals surface area contributed by atoms with E-state index in [0.29, 0.717) is 19.3 Å². The number of nitrogens with two attached hydrogens (primary N) is 1. The molecule has 1 aromatic heterocycles. The number of nitrogens with zero attached hydrogens (tertiary/aromatic N) is 3. The molecule has 2 rings (SSSR count). The quantitative estimate of drug-likeness (QED) is 0.847. The van der Waals surface area contributed by atoms with E-state index in [0.717, 1.165) is 12.1 Å². The van der Waals surface area contributed by atoms with E-state index in [1.54, 1.807) is 4.90 Å². The number of piperazine rings is 1. The lowest BCUT2D eigenvalue weighted by Gasteiger charge is -2.36. The van der Waals surface area contributed by atoms with E-state index in [4.69, 9.17) is 5.73 Å². The topological polar surface area (TPSA) is 79.5 Å². The minimum atomic E-state index is -4.49. The third-order valence-electron chi connectivity index (χ3n) is 4.19. The van der Waals surface area contributed by atoms with Crippen molar-refractivity contribution in [2.24, 2.45) is 11.7 Å². The van der Waals surface area contributed by atoms with Crippen LogP contribution in [0, 0.1) is 5.92 Å². The second kappa shape index (κ2) is 8.68. The Morgan fingerprint density at radius 3 is 2.08 bits per heavy atom. The average Bonchev–Trinajstić information content (AvgIpc) is 2.59. The summed E-state index contributed by atoms with van der Waals surface area (Å²) in [5.41, 5.74) is 4.90. The minimum Gasteiger partial charge on any atom is -0.338 e. The normalized spacial score (nSPS) is 16.3. The van der Waals surface area contributed by atoms with E-state index < -0.39 is 23.7 Å². The molecule has 0 aromatic carbocycles. The van der Waals surface area contributed by atoms with Gasteiger partial charge in [-0.2, -0.15) is 13.2 Å². The molecule has 1 aliphatic rings. The van der Waals surface area contributed by atoms with Crippen molar-refractivity contribution < 1.29 is 22.8 Å². The fourth-order valence-corrected chi connectivity index (χ4v) is 2.48. The van der Waals surface area contributed by atoms with Crippen LogP contribution < -0.4 is 5.73 Å². The predicted octanol–water partition coefficient (Wildman–Crippen LogP) is 1.79. The zero-order valence-corrected chi connectivity index (χ0v) is 15.3. The van der Waals surface area contributed by atoms with Gasteiger partial charge >= 0.3 is 6.18 Å². The van der Waals surface area contributed by atoms with Crippen molar-refractivity contribution in [3.05, 3.63) is 29.6 Å². The van der Waals surface area contributed by atoms with Crippen LogP contribution in [0.2, 0.25) is 0 Å². The summed E-state index contributed by atoms with van der Waals surface area (Å²) in [7, 11) is 0. The van der Waals surface area contributed by atoms with Crippen molar-refractivity contribution in [2.75, 3.05) is 26.2 Å². The number of carbonyl (C=O) groups is 2. The molecule has 146 valence electrons. The number of carbonyl (C=O) groups excluding carboxylic acids is 2. The molecule has 0 spiro atoms. The molecule has 0 unspecified atom stereocenters. The van der Waals surface area contributed by atoms with Gasteiger partial charge in [0.2, 0.25) is 5.91 Å². The van der Waals surface area contributed by atoms with E-state index in [2.05, 4.69) is 4.98 Å². The molecular weight excluding hydrogens is 373 g/mol. The maximum atomic E-state index is 12.5. The lowest BCUT2D eigenvalue weighted by atomic mass is 10.0. The molecule has 1 saturated heterocycles. The Morgan fingerprint density at radius 1 is 1.12 bits per heavy atom. The first-order valence-electron chi connectivity index (χ1n) is 7.98. The van der Waals surface area contributed by atoms with Gasteiger partial charge in [0.1, 0.15) is 5.69 Å². The van der Waals surface area contributed by atoms with Crippen LogP contribution in [0.5, 0.6) is 0 Å². The van der Waals surface area contributed by atoms with Crippen molar-refractivity contribution in [1.29, 1.82) is 0 Å². The van der Waals surface area contributed by atoms with Crippen LogP contribution >= 0.6 is 12.4 Å². The third kappa shape index (κ3) is 5.07. The standard InChI is InChI=1S/C16H21F3N4O2.ClH/c1-10(2)13(20)15(25)23-7-5-22(6-8-23)14(24)12-4-3-11(9-21-12)16(17,18)19;/h3-4,9-10,13H,5-8,20H2,1-2H3;1H/t13-;/m0./s1. The van der Waals surface area contributed by atoms with Crippen LogP contribution in [0.25, 0.3) is 0 Å². The average molecular weight is 395 g/mol. The van der Waals surface area contributed by atoms with Gasteiger partial charge in [-0.15, -0.1) is 12.4 Å². The molecule has 2 heterocycles. The maximum absolute atomic E-state index is 12.5. The van der Waals surface area contributed by atoms with E-state index >= 15 is 0 Å². The Labute approximate surface area is 155 Å². The number of hydrogen-bond acceptors (Lipinski definition) is 4. The summed E-state index contributed by atoms with van der Waals surface area (Å²) in [6, 6.07) is 1.32. The summed E-state index contributed by atoms with van der Waals surface area (Å²) in [5, 5.41) is 0. The monoisotopic (exact) mass is 394 g/mol. The number of rotatable bonds is 3. The number of aromatic nitrogens is 1. The van der Waals surface area contributed by atoms with Crippen LogP contribution in [0.4, 0.5) is 13.2 Å². The Bertz CT molecular complexity index is 629. The summed E-state index contributed by atoms with van der Waals surface area (Å²) < 4.78 is 37.6. The highest BCUT2D eigenvalue weighted by Gasteiger charge is 2.32. The predicted molar refractivity (Wildman–Crippen MR) is 91.8 cm³/mol. The van der Waals surface area contributed by atoms with Crippen molar-refractivity contribution in [3.63, 3.8) is 0 Å². The highest BCUT2D eigenvalue weighted by Crippen LogP contribution is 2.28. The summed E-state index contributed by atoms with van der Waals surface area (Å²) in [5.74, 6) is -0.591. The van der Waals surface area contributed by atoms with Crippen molar-refractivity contribution in [1.82, 2.24) is 14.8 Å². The van der Waals surface area contributed by atoms with Gasteiger partial charge in [-0.3, -0.25) is 14.6 Å². The summed E-state index contributed by atoms with van der Waals surface area (Å²) in [6.07, 6.45) is -3.84. The Morgan fingerprint density at radius 2 is 1.65 bits per heavy atom. The first-order valence-corrected chi connectivity index (χ1v) is 7.98. The van der Waals surface area contributed by atoms with Crippen LogP contribution in [0.3, 0.4) is 0 Å². The molecule has 0 saturated carbocycles. The molecule has 1 fully saturated rings. The van der Waals surface area contributed by atoms with Gasteiger partial charge in [0, 0.05) is 32.4 Å². The Hall–Kier alpha value is -1.87. The largest absolute Gasteiger partial charge is 0.417 e. The SMILES string of the molecule is CC(C)[C@H](N)C(=O)N1CCN(C(=O)c2ccc(C(F)(F)F)cn2)CC1.Cl. The molecule has 1 aromatic rings. The van der Waals surface area contributed by atoms with Gasteiger partial charge in [0.25, 0.3) is 5.91 Å². The van der Waals surface area contributed by atoms with E-state index in [-0.39, 0.29) is 43.0 Å². The van der Waals surface area contributed by atoms with Crippen LogP contribution in [0.1, 0.15) is 29.9 Å². The molecule has 2 amide bonds. The fourth-order valence-electron chi connectivity index (χ4n) is 2.48. The van der Waals surface area contributed by atoms with Gasteiger partial charge in [-0.05, 0) is 18.1 Å². The first kappa shape index (κ1) is 22.2. The van der Waals surface area contributed by atoms with Gasteiger partial charge in [0.05, 0.1) is 11.6 Å². The highest BCUT2D eigenvalue weighted by atomic mass is 35.5. The number of amides is 2. The van der Waals surface area contributed by atoms with Gasteiger partial charge < -0.3 is 15.5 Å². The maximum Gasteiger partial charge on any atom is 0.417 e.